The monoisotopic (exact) mass is 358 g/mol. The van der Waals surface area contributed by atoms with Crippen molar-refractivity contribution in [2.24, 2.45) is 5.92 Å². The minimum atomic E-state index is -0.623. The quantitative estimate of drug-likeness (QED) is 0.859. The molecule has 0 saturated heterocycles. The number of fused-ring (bicyclic) bond motifs is 1. The first-order valence-corrected chi connectivity index (χ1v) is 10.1. The third kappa shape index (κ3) is 3.72. The Morgan fingerprint density at radius 2 is 1.92 bits per heavy atom. The summed E-state index contributed by atoms with van der Waals surface area (Å²) in [5, 5.41) is 13.3. The lowest BCUT2D eigenvalue weighted by atomic mass is 9.77. The number of aliphatic hydroxyl groups is 1. The van der Waals surface area contributed by atoms with Crippen LogP contribution in [-0.2, 0) is 0 Å². The van der Waals surface area contributed by atoms with Crippen LogP contribution in [-0.4, -0.2) is 27.6 Å². The van der Waals surface area contributed by atoms with Crippen LogP contribution < -0.4 is 5.32 Å². The largest absolute Gasteiger partial charge is 0.390 e. The highest BCUT2D eigenvalue weighted by Crippen LogP contribution is 2.44. The van der Waals surface area contributed by atoms with Crippen molar-refractivity contribution in [2.45, 2.75) is 69.9 Å². The number of thiophene rings is 1. The van der Waals surface area contributed by atoms with Crippen molar-refractivity contribution in [3.05, 3.63) is 28.8 Å². The second-order valence-corrected chi connectivity index (χ2v) is 9.32. The van der Waals surface area contributed by atoms with E-state index in [9.17, 15) is 9.90 Å². The third-order valence-corrected chi connectivity index (χ3v) is 6.93. The van der Waals surface area contributed by atoms with Gasteiger partial charge in [0.05, 0.1) is 21.4 Å². The average Bonchev–Trinajstić information content (AvgIpc) is 3.33. The van der Waals surface area contributed by atoms with Crippen LogP contribution in [0.4, 0.5) is 0 Å². The topological polar surface area (TPSA) is 62.2 Å². The van der Waals surface area contributed by atoms with Gasteiger partial charge in [-0.1, -0.05) is 0 Å². The lowest BCUT2D eigenvalue weighted by molar-refractivity contribution is -0.00257. The number of rotatable bonds is 4. The molecule has 134 valence electrons. The standard InChI is InChI=1S/C20H26N2O2S/c1-20(2,24)14-5-7-15(8-6-14)22-19(23)13-9-18-16(21-11-13)10-17(25-18)12-3-4-12/h9-12,14-15,24H,3-8H2,1-2H3,(H,22,23). The Kier molecular flexibility index (Phi) is 4.32. The maximum Gasteiger partial charge on any atom is 0.253 e. The minimum absolute atomic E-state index is 0.0255. The molecular formula is C20H26N2O2S. The van der Waals surface area contributed by atoms with Gasteiger partial charge in [-0.25, -0.2) is 0 Å². The zero-order valence-electron chi connectivity index (χ0n) is 14.9. The van der Waals surface area contributed by atoms with E-state index in [-0.39, 0.29) is 11.9 Å². The summed E-state index contributed by atoms with van der Waals surface area (Å²) >= 11 is 1.78. The normalized spacial score (nSPS) is 24.4. The fraction of sp³-hybridized carbons (Fsp3) is 0.600. The van der Waals surface area contributed by atoms with Gasteiger partial charge in [0, 0.05) is 17.1 Å². The van der Waals surface area contributed by atoms with E-state index in [1.165, 1.54) is 17.7 Å². The number of hydrogen-bond donors (Lipinski definition) is 2. The second-order valence-electron chi connectivity index (χ2n) is 8.21. The molecule has 2 aliphatic carbocycles. The Bertz CT molecular complexity index is 781. The molecule has 25 heavy (non-hydrogen) atoms. The molecule has 5 heteroatoms. The van der Waals surface area contributed by atoms with Crippen molar-refractivity contribution < 1.29 is 9.90 Å². The first-order valence-electron chi connectivity index (χ1n) is 9.33. The highest BCUT2D eigenvalue weighted by molar-refractivity contribution is 7.19. The lowest BCUT2D eigenvalue weighted by Gasteiger charge is -2.36. The predicted octanol–water partition coefficient (Wildman–Crippen LogP) is 4.23. The summed E-state index contributed by atoms with van der Waals surface area (Å²) in [6, 6.07) is 4.36. The maximum absolute atomic E-state index is 12.6. The number of aromatic nitrogens is 1. The zero-order valence-corrected chi connectivity index (χ0v) is 15.7. The molecular weight excluding hydrogens is 332 g/mol. The van der Waals surface area contributed by atoms with Crippen LogP contribution >= 0.6 is 11.3 Å². The molecule has 0 bridgehead atoms. The van der Waals surface area contributed by atoms with Crippen LogP contribution in [0, 0.1) is 5.92 Å². The molecule has 2 aromatic heterocycles. The summed E-state index contributed by atoms with van der Waals surface area (Å²) in [4.78, 5) is 18.5. The van der Waals surface area contributed by atoms with E-state index in [2.05, 4.69) is 16.4 Å². The summed E-state index contributed by atoms with van der Waals surface area (Å²) < 4.78 is 1.11. The number of nitrogens with one attached hydrogen (secondary N) is 1. The Hall–Kier alpha value is -1.46. The fourth-order valence-electron chi connectivity index (χ4n) is 3.84. The summed E-state index contributed by atoms with van der Waals surface area (Å²) in [6.07, 6.45) is 8.05. The van der Waals surface area contributed by atoms with E-state index in [0.29, 0.717) is 11.5 Å². The maximum atomic E-state index is 12.6. The van der Waals surface area contributed by atoms with Gasteiger partial charge in [-0.05, 0) is 76.3 Å². The van der Waals surface area contributed by atoms with E-state index >= 15 is 0 Å². The Labute approximate surface area is 152 Å². The van der Waals surface area contributed by atoms with Crippen LogP contribution in [0.5, 0.6) is 0 Å². The Morgan fingerprint density at radius 3 is 2.56 bits per heavy atom. The van der Waals surface area contributed by atoms with E-state index in [1.807, 2.05) is 19.9 Å². The molecule has 4 nitrogen and oxygen atoms in total. The van der Waals surface area contributed by atoms with E-state index in [0.717, 1.165) is 41.8 Å². The van der Waals surface area contributed by atoms with Crippen molar-refractivity contribution in [2.75, 3.05) is 0 Å². The molecule has 0 spiro atoms. The summed E-state index contributed by atoms with van der Waals surface area (Å²) in [6.45, 7) is 3.77. The highest BCUT2D eigenvalue weighted by Gasteiger charge is 2.32. The van der Waals surface area contributed by atoms with E-state index in [4.69, 9.17) is 0 Å². The first-order chi connectivity index (χ1) is 11.9. The Balaban J connectivity index is 1.40. The molecule has 2 N–H and O–H groups in total. The van der Waals surface area contributed by atoms with Gasteiger partial charge in [-0.15, -0.1) is 11.3 Å². The van der Waals surface area contributed by atoms with E-state index < -0.39 is 5.60 Å². The molecule has 2 aliphatic rings. The molecule has 1 amide bonds. The summed E-state index contributed by atoms with van der Waals surface area (Å²) in [5.41, 5.74) is 1.04. The van der Waals surface area contributed by atoms with Gasteiger partial charge in [0.25, 0.3) is 5.91 Å². The lowest BCUT2D eigenvalue weighted by Crippen LogP contribution is -2.41. The fourth-order valence-corrected chi connectivity index (χ4v) is 5.07. The average molecular weight is 359 g/mol. The smallest absolute Gasteiger partial charge is 0.253 e. The number of nitrogens with zero attached hydrogens (tertiary/aromatic N) is 1. The number of amides is 1. The van der Waals surface area contributed by atoms with Gasteiger partial charge in [0.2, 0.25) is 0 Å². The highest BCUT2D eigenvalue weighted by atomic mass is 32.1. The number of hydrogen-bond acceptors (Lipinski definition) is 4. The van der Waals surface area contributed by atoms with Gasteiger partial charge in [0.1, 0.15) is 0 Å². The first kappa shape index (κ1) is 17.0. The molecule has 4 rings (SSSR count). The molecule has 0 unspecified atom stereocenters. The molecule has 0 radical (unpaired) electrons. The molecule has 0 aliphatic heterocycles. The van der Waals surface area contributed by atoms with Crippen LogP contribution in [0.25, 0.3) is 10.2 Å². The van der Waals surface area contributed by atoms with Gasteiger partial charge < -0.3 is 10.4 Å². The van der Waals surface area contributed by atoms with Crippen LogP contribution in [0.15, 0.2) is 18.3 Å². The minimum Gasteiger partial charge on any atom is -0.390 e. The number of pyridine rings is 1. The number of carbonyl (C=O) groups is 1. The SMILES string of the molecule is CC(C)(O)C1CCC(NC(=O)c2cnc3cc(C4CC4)sc3c2)CC1. The summed E-state index contributed by atoms with van der Waals surface area (Å²) in [5.74, 6) is 1.02. The van der Waals surface area contributed by atoms with Crippen LogP contribution in [0.2, 0.25) is 0 Å². The zero-order chi connectivity index (χ0) is 17.6. The van der Waals surface area contributed by atoms with Crippen molar-refractivity contribution >= 4 is 27.5 Å². The molecule has 2 fully saturated rings. The van der Waals surface area contributed by atoms with Crippen molar-refractivity contribution in [3.63, 3.8) is 0 Å². The molecule has 0 aromatic carbocycles. The second kappa shape index (κ2) is 6.36. The Morgan fingerprint density at radius 1 is 1.20 bits per heavy atom. The van der Waals surface area contributed by atoms with Gasteiger partial charge >= 0.3 is 0 Å². The molecule has 0 atom stereocenters. The molecule has 2 saturated carbocycles. The van der Waals surface area contributed by atoms with Gasteiger partial charge in [0.15, 0.2) is 0 Å². The van der Waals surface area contributed by atoms with Crippen LogP contribution in [0.1, 0.15) is 73.5 Å². The number of carbonyl (C=O) groups excluding carboxylic acids is 1. The van der Waals surface area contributed by atoms with Gasteiger partial charge in [-0.3, -0.25) is 9.78 Å². The van der Waals surface area contributed by atoms with Crippen molar-refractivity contribution in [1.29, 1.82) is 0 Å². The van der Waals surface area contributed by atoms with Crippen LogP contribution in [0.3, 0.4) is 0 Å². The van der Waals surface area contributed by atoms with E-state index in [1.54, 1.807) is 17.5 Å². The third-order valence-electron chi connectivity index (χ3n) is 5.69. The molecule has 2 heterocycles. The van der Waals surface area contributed by atoms with Crippen molar-refractivity contribution in [3.8, 4) is 0 Å². The predicted molar refractivity (Wildman–Crippen MR) is 101 cm³/mol. The van der Waals surface area contributed by atoms with Crippen molar-refractivity contribution in [1.82, 2.24) is 10.3 Å². The summed E-state index contributed by atoms with van der Waals surface area (Å²) in [7, 11) is 0. The molecule has 2 aromatic rings. The van der Waals surface area contributed by atoms with Gasteiger partial charge in [-0.2, -0.15) is 0 Å².